The molecule has 5 N–H and O–H groups in total. The van der Waals surface area contributed by atoms with Gasteiger partial charge >= 0.3 is 6.03 Å². The second kappa shape index (κ2) is 6.04. The van der Waals surface area contributed by atoms with E-state index in [0.717, 1.165) is 6.42 Å². The zero-order valence-electron chi connectivity index (χ0n) is 11.1. The summed E-state index contributed by atoms with van der Waals surface area (Å²) in [7, 11) is 0. The summed E-state index contributed by atoms with van der Waals surface area (Å²) in [6, 6.07) is -1.28. The SMILES string of the molecule is CCCNC(=O)N[C@H]1CN2CC[C@H](O)[C@@H]2[C@@H](O)[C@@H]1O. The number of amides is 2. The van der Waals surface area contributed by atoms with Crippen LogP contribution in [-0.4, -0.2) is 76.3 Å². The highest BCUT2D eigenvalue weighted by molar-refractivity contribution is 5.74. The minimum Gasteiger partial charge on any atom is -0.391 e. The second-order valence-corrected chi connectivity index (χ2v) is 5.33. The van der Waals surface area contributed by atoms with Crippen LogP contribution in [0.4, 0.5) is 4.79 Å². The number of nitrogens with zero attached hydrogens (tertiary/aromatic N) is 1. The molecule has 0 radical (unpaired) electrons. The van der Waals surface area contributed by atoms with E-state index in [0.29, 0.717) is 26.1 Å². The van der Waals surface area contributed by atoms with Crippen molar-refractivity contribution in [1.29, 1.82) is 0 Å². The molecular weight excluding hydrogens is 250 g/mol. The van der Waals surface area contributed by atoms with Crippen molar-refractivity contribution in [2.45, 2.75) is 50.2 Å². The molecule has 2 saturated heterocycles. The number of rotatable bonds is 3. The van der Waals surface area contributed by atoms with Gasteiger partial charge in [0.2, 0.25) is 0 Å². The van der Waals surface area contributed by atoms with Gasteiger partial charge in [-0.3, -0.25) is 4.90 Å². The van der Waals surface area contributed by atoms with Crippen LogP contribution in [0, 0.1) is 0 Å². The van der Waals surface area contributed by atoms with Crippen LogP contribution in [0.3, 0.4) is 0 Å². The Morgan fingerprint density at radius 2 is 2.05 bits per heavy atom. The van der Waals surface area contributed by atoms with E-state index in [1.807, 2.05) is 11.8 Å². The van der Waals surface area contributed by atoms with Crippen LogP contribution in [-0.2, 0) is 0 Å². The number of aliphatic hydroxyl groups excluding tert-OH is 3. The second-order valence-electron chi connectivity index (χ2n) is 5.33. The van der Waals surface area contributed by atoms with Gasteiger partial charge in [0.15, 0.2) is 0 Å². The van der Waals surface area contributed by atoms with E-state index in [1.165, 1.54) is 0 Å². The van der Waals surface area contributed by atoms with Gasteiger partial charge in [0.25, 0.3) is 0 Å². The molecule has 0 aliphatic carbocycles. The molecule has 5 atom stereocenters. The number of hydrogen-bond acceptors (Lipinski definition) is 5. The Hall–Kier alpha value is -0.890. The fourth-order valence-electron chi connectivity index (χ4n) is 2.91. The molecule has 2 aliphatic rings. The topological polar surface area (TPSA) is 105 Å². The molecule has 7 heteroatoms. The molecule has 19 heavy (non-hydrogen) atoms. The maximum Gasteiger partial charge on any atom is 0.315 e. The molecule has 0 saturated carbocycles. The summed E-state index contributed by atoms with van der Waals surface area (Å²) in [5.41, 5.74) is 0. The molecule has 0 bridgehead atoms. The summed E-state index contributed by atoms with van der Waals surface area (Å²) in [4.78, 5) is 13.5. The molecule has 2 amide bonds. The minimum absolute atomic E-state index is 0.337. The van der Waals surface area contributed by atoms with Crippen LogP contribution in [0.5, 0.6) is 0 Å². The highest BCUT2D eigenvalue weighted by atomic mass is 16.3. The first-order valence-electron chi connectivity index (χ1n) is 6.87. The third-order valence-corrected chi connectivity index (χ3v) is 3.92. The van der Waals surface area contributed by atoms with Crippen molar-refractivity contribution in [3.05, 3.63) is 0 Å². The number of aliphatic hydroxyl groups is 3. The van der Waals surface area contributed by atoms with E-state index >= 15 is 0 Å². The maximum absolute atomic E-state index is 11.6. The molecule has 2 aliphatic heterocycles. The Morgan fingerprint density at radius 3 is 2.74 bits per heavy atom. The molecule has 0 spiro atoms. The fraction of sp³-hybridized carbons (Fsp3) is 0.917. The van der Waals surface area contributed by atoms with Crippen LogP contribution in [0.2, 0.25) is 0 Å². The number of nitrogens with one attached hydrogen (secondary N) is 2. The van der Waals surface area contributed by atoms with Gasteiger partial charge in [0.1, 0.15) is 6.10 Å². The molecule has 0 aromatic heterocycles. The predicted molar refractivity (Wildman–Crippen MR) is 68.6 cm³/mol. The Bertz CT molecular complexity index is 328. The highest BCUT2D eigenvalue weighted by Crippen LogP contribution is 2.28. The lowest BCUT2D eigenvalue weighted by atomic mass is 9.91. The smallest absolute Gasteiger partial charge is 0.315 e. The number of urea groups is 1. The standard InChI is InChI=1S/C12H23N3O4/c1-2-4-13-12(19)14-7-6-15-5-3-8(16)9(15)11(18)10(7)17/h7-11,16-18H,2-6H2,1H3,(H2,13,14,19)/t7-,8-,9+,10+,11+/m0/s1. The average Bonchev–Trinajstić information content (AvgIpc) is 2.74. The van der Waals surface area contributed by atoms with E-state index in [2.05, 4.69) is 10.6 Å². The number of carbonyl (C=O) groups excluding carboxylic acids is 1. The first-order chi connectivity index (χ1) is 9.04. The summed E-state index contributed by atoms with van der Waals surface area (Å²) in [5, 5.41) is 35.2. The monoisotopic (exact) mass is 273 g/mol. The lowest BCUT2D eigenvalue weighted by molar-refractivity contribution is -0.0992. The fourth-order valence-corrected chi connectivity index (χ4v) is 2.91. The van der Waals surface area contributed by atoms with Crippen molar-refractivity contribution in [2.75, 3.05) is 19.6 Å². The van der Waals surface area contributed by atoms with Crippen molar-refractivity contribution in [3.63, 3.8) is 0 Å². The first kappa shape index (κ1) is 14.5. The van der Waals surface area contributed by atoms with Gasteiger partial charge in [-0.25, -0.2) is 4.79 Å². The molecule has 0 unspecified atom stereocenters. The number of piperidine rings is 1. The highest BCUT2D eigenvalue weighted by Gasteiger charge is 2.48. The third-order valence-electron chi connectivity index (χ3n) is 3.92. The summed E-state index contributed by atoms with van der Waals surface area (Å²) >= 11 is 0. The zero-order chi connectivity index (χ0) is 14.0. The van der Waals surface area contributed by atoms with Crippen molar-refractivity contribution in [2.24, 2.45) is 0 Å². The largest absolute Gasteiger partial charge is 0.391 e. The number of carbonyl (C=O) groups is 1. The number of fused-ring (bicyclic) bond motifs is 1. The van der Waals surface area contributed by atoms with E-state index in [1.54, 1.807) is 0 Å². The van der Waals surface area contributed by atoms with E-state index in [4.69, 9.17) is 0 Å². The van der Waals surface area contributed by atoms with Crippen molar-refractivity contribution >= 4 is 6.03 Å². The molecule has 0 aromatic carbocycles. The lowest BCUT2D eigenvalue weighted by Gasteiger charge is -2.43. The molecule has 2 fully saturated rings. The Labute approximate surface area is 112 Å². The van der Waals surface area contributed by atoms with Crippen molar-refractivity contribution in [1.82, 2.24) is 15.5 Å². The van der Waals surface area contributed by atoms with Crippen LogP contribution >= 0.6 is 0 Å². The lowest BCUT2D eigenvalue weighted by Crippen LogP contribution is -2.66. The number of hydrogen-bond donors (Lipinski definition) is 5. The summed E-state index contributed by atoms with van der Waals surface area (Å²) in [5.74, 6) is 0. The van der Waals surface area contributed by atoms with Crippen LogP contribution < -0.4 is 10.6 Å². The van der Waals surface area contributed by atoms with Crippen LogP contribution in [0.15, 0.2) is 0 Å². The zero-order valence-corrected chi connectivity index (χ0v) is 11.1. The molecule has 110 valence electrons. The van der Waals surface area contributed by atoms with E-state index in [9.17, 15) is 20.1 Å². The molecule has 2 rings (SSSR count). The van der Waals surface area contributed by atoms with E-state index < -0.39 is 30.4 Å². The van der Waals surface area contributed by atoms with Crippen LogP contribution in [0.25, 0.3) is 0 Å². The molecule has 2 heterocycles. The molecule has 7 nitrogen and oxygen atoms in total. The van der Waals surface area contributed by atoms with Gasteiger partial charge < -0.3 is 26.0 Å². The quantitative estimate of drug-likeness (QED) is 0.419. The van der Waals surface area contributed by atoms with Crippen molar-refractivity contribution in [3.8, 4) is 0 Å². The summed E-state index contributed by atoms with van der Waals surface area (Å²) in [6.45, 7) is 3.64. The van der Waals surface area contributed by atoms with Gasteiger partial charge in [0, 0.05) is 19.6 Å². The summed E-state index contributed by atoms with van der Waals surface area (Å²) in [6.07, 6.45) is -1.28. The van der Waals surface area contributed by atoms with Crippen LogP contribution in [0.1, 0.15) is 19.8 Å². The molecular formula is C12H23N3O4. The Morgan fingerprint density at radius 1 is 1.32 bits per heavy atom. The van der Waals surface area contributed by atoms with Gasteiger partial charge in [-0.1, -0.05) is 6.92 Å². The minimum atomic E-state index is -1.05. The van der Waals surface area contributed by atoms with Gasteiger partial charge in [0.05, 0.1) is 24.3 Å². The van der Waals surface area contributed by atoms with Crippen molar-refractivity contribution < 1.29 is 20.1 Å². The van der Waals surface area contributed by atoms with Gasteiger partial charge in [-0.2, -0.15) is 0 Å². The van der Waals surface area contributed by atoms with Gasteiger partial charge in [-0.15, -0.1) is 0 Å². The third kappa shape index (κ3) is 3.00. The maximum atomic E-state index is 11.6. The Kier molecular flexibility index (Phi) is 4.62. The average molecular weight is 273 g/mol. The normalized spacial score (nSPS) is 38.8. The first-order valence-corrected chi connectivity index (χ1v) is 6.87. The predicted octanol–water partition coefficient (Wildman–Crippen LogP) is -1.77. The Balaban J connectivity index is 1.94. The molecule has 0 aromatic rings. The van der Waals surface area contributed by atoms with E-state index in [-0.39, 0.29) is 6.03 Å². The van der Waals surface area contributed by atoms with Gasteiger partial charge in [-0.05, 0) is 12.8 Å². The summed E-state index contributed by atoms with van der Waals surface area (Å²) < 4.78 is 0.